The van der Waals surface area contributed by atoms with Crippen LogP contribution in [-0.4, -0.2) is 35.1 Å². The predicted octanol–water partition coefficient (Wildman–Crippen LogP) is 2.30. The van der Waals surface area contributed by atoms with Gasteiger partial charge in [0.25, 0.3) is 0 Å². The van der Waals surface area contributed by atoms with E-state index < -0.39 is 5.97 Å². The van der Waals surface area contributed by atoms with Crippen molar-refractivity contribution in [1.82, 2.24) is 10.2 Å². The Morgan fingerprint density at radius 3 is 2.90 bits per heavy atom. The van der Waals surface area contributed by atoms with Gasteiger partial charge in [-0.05, 0) is 38.3 Å². The maximum atomic E-state index is 12.2. The molecule has 6 heteroatoms. The first kappa shape index (κ1) is 14.4. The number of carbonyl (C=O) groups is 2. The first-order valence-corrected chi connectivity index (χ1v) is 6.90. The fourth-order valence-corrected chi connectivity index (χ4v) is 2.48. The average molecular weight is 280 g/mol. The molecule has 1 aliphatic heterocycles. The monoisotopic (exact) mass is 280 g/mol. The molecule has 0 saturated carbocycles. The minimum absolute atomic E-state index is 0.0534. The fourth-order valence-electron chi connectivity index (χ4n) is 2.48. The smallest absolute Gasteiger partial charge is 0.318 e. The van der Waals surface area contributed by atoms with Gasteiger partial charge in [0.2, 0.25) is 0 Å². The topological polar surface area (TPSA) is 82.8 Å². The Kier molecular flexibility index (Phi) is 4.65. The van der Waals surface area contributed by atoms with Gasteiger partial charge in [-0.25, -0.2) is 4.79 Å². The van der Waals surface area contributed by atoms with Crippen LogP contribution in [0.4, 0.5) is 4.79 Å². The van der Waals surface area contributed by atoms with Crippen LogP contribution >= 0.6 is 0 Å². The van der Waals surface area contributed by atoms with Crippen molar-refractivity contribution in [3.05, 3.63) is 23.7 Å². The van der Waals surface area contributed by atoms with E-state index in [1.54, 1.807) is 4.90 Å². The molecule has 2 amide bonds. The summed E-state index contributed by atoms with van der Waals surface area (Å²) in [4.78, 5) is 24.4. The Hall–Kier alpha value is -1.98. The van der Waals surface area contributed by atoms with Crippen molar-refractivity contribution in [3.8, 4) is 0 Å². The number of carboxylic acids is 1. The predicted molar refractivity (Wildman–Crippen MR) is 72.4 cm³/mol. The van der Waals surface area contributed by atoms with Crippen LogP contribution in [0.25, 0.3) is 0 Å². The summed E-state index contributed by atoms with van der Waals surface area (Å²) in [5.74, 6) is 0.717. The lowest BCUT2D eigenvalue weighted by Crippen LogP contribution is -2.45. The third-order valence-corrected chi connectivity index (χ3v) is 3.47. The third-order valence-electron chi connectivity index (χ3n) is 3.47. The maximum absolute atomic E-state index is 12.2. The Labute approximate surface area is 117 Å². The lowest BCUT2D eigenvalue weighted by Gasteiger charge is -2.34. The highest BCUT2D eigenvalue weighted by Gasteiger charge is 2.29. The normalized spacial score (nSPS) is 18.9. The van der Waals surface area contributed by atoms with Crippen LogP contribution in [0.3, 0.4) is 0 Å². The molecule has 0 spiro atoms. The minimum atomic E-state index is -0.915. The number of hydrogen-bond acceptors (Lipinski definition) is 3. The van der Waals surface area contributed by atoms with Gasteiger partial charge in [0.1, 0.15) is 11.5 Å². The number of nitrogens with zero attached hydrogens (tertiary/aromatic N) is 1. The highest BCUT2D eigenvalue weighted by Crippen LogP contribution is 2.31. The molecule has 1 aromatic heterocycles. The van der Waals surface area contributed by atoms with Crippen molar-refractivity contribution in [1.29, 1.82) is 0 Å². The van der Waals surface area contributed by atoms with E-state index in [1.165, 1.54) is 0 Å². The van der Waals surface area contributed by atoms with E-state index in [0.29, 0.717) is 6.54 Å². The van der Waals surface area contributed by atoms with Crippen molar-refractivity contribution in [2.24, 2.45) is 0 Å². The molecule has 1 aliphatic rings. The average Bonchev–Trinajstić information content (AvgIpc) is 2.85. The number of rotatable bonds is 4. The van der Waals surface area contributed by atoms with Crippen molar-refractivity contribution in [2.75, 3.05) is 13.1 Å². The molecule has 0 radical (unpaired) electrons. The SMILES string of the molecule is Cc1ccc(C2CCCCN2C(=O)NCCC(=O)O)o1. The van der Waals surface area contributed by atoms with Crippen LogP contribution in [0, 0.1) is 6.92 Å². The number of amides is 2. The second-order valence-electron chi connectivity index (χ2n) is 5.03. The van der Waals surface area contributed by atoms with Gasteiger partial charge in [-0.2, -0.15) is 0 Å². The van der Waals surface area contributed by atoms with Crippen LogP contribution in [0.1, 0.15) is 43.2 Å². The van der Waals surface area contributed by atoms with Gasteiger partial charge in [0.15, 0.2) is 0 Å². The summed E-state index contributed by atoms with van der Waals surface area (Å²) in [5.41, 5.74) is 0. The van der Waals surface area contributed by atoms with Crippen LogP contribution in [0.15, 0.2) is 16.5 Å². The van der Waals surface area contributed by atoms with Crippen LogP contribution in [0.2, 0.25) is 0 Å². The molecule has 1 atom stereocenters. The second kappa shape index (κ2) is 6.45. The minimum Gasteiger partial charge on any atom is -0.481 e. The van der Waals surface area contributed by atoms with Gasteiger partial charge in [0.05, 0.1) is 12.5 Å². The van der Waals surface area contributed by atoms with Crippen molar-refractivity contribution in [3.63, 3.8) is 0 Å². The molecule has 6 nitrogen and oxygen atoms in total. The summed E-state index contributed by atoms with van der Waals surface area (Å²) in [7, 11) is 0. The Bertz CT molecular complexity index is 483. The molecule has 2 heterocycles. The number of carboxylic acid groups (broad SMARTS) is 1. The van der Waals surface area contributed by atoms with E-state index in [-0.39, 0.29) is 25.0 Å². The number of aryl methyl sites for hydroxylation is 1. The summed E-state index contributed by atoms with van der Waals surface area (Å²) >= 11 is 0. The van der Waals surface area contributed by atoms with Gasteiger partial charge >= 0.3 is 12.0 Å². The highest BCUT2D eigenvalue weighted by molar-refractivity contribution is 5.75. The zero-order chi connectivity index (χ0) is 14.5. The van der Waals surface area contributed by atoms with Gasteiger partial charge in [-0.1, -0.05) is 0 Å². The van der Waals surface area contributed by atoms with E-state index >= 15 is 0 Å². The molecular formula is C14H20N2O4. The summed E-state index contributed by atoms with van der Waals surface area (Å²) in [5, 5.41) is 11.2. The molecule has 2 rings (SSSR count). The highest BCUT2D eigenvalue weighted by atomic mass is 16.4. The van der Waals surface area contributed by atoms with Crippen molar-refractivity contribution >= 4 is 12.0 Å². The summed E-state index contributed by atoms with van der Waals surface area (Å²) < 4.78 is 5.63. The quantitative estimate of drug-likeness (QED) is 0.886. The zero-order valence-corrected chi connectivity index (χ0v) is 11.6. The van der Waals surface area contributed by atoms with E-state index in [4.69, 9.17) is 9.52 Å². The molecule has 0 bridgehead atoms. The maximum Gasteiger partial charge on any atom is 0.318 e. The zero-order valence-electron chi connectivity index (χ0n) is 11.6. The van der Waals surface area contributed by atoms with E-state index in [0.717, 1.165) is 30.8 Å². The number of urea groups is 1. The summed E-state index contributed by atoms with van der Waals surface area (Å²) in [6, 6.07) is 3.53. The summed E-state index contributed by atoms with van der Waals surface area (Å²) in [6.07, 6.45) is 2.83. The number of likely N-dealkylation sites (tertiary alicyclic amines) is 1. The second-order valence-corrected chi connectivity index (χ2v) is 5.03. The lowest BCUT2D eigenvalue weighted by atomic mass is 10.0. The van der Waals surface area contributed by atoms with E-state index in [2.05, 4.69) is 5.32 Å². The number of aliphatic carboxylic acids is 1. The standard InChI is InChI=1S/C14H20N2O4/c1-10-5-6-12(20-10)11-4-2-3-9-16(11)14(19)15-8-7-13(17)18/h5-6,11H,2-4,7-9H2,1H3,(H,15,19)(H,17,18). The third kappa shape index (κ3) is 3.53. The van der Waals surface area contributed by atoms with Gasteiger partial charge in [-0.15, -0.1) is 0 Å². The van der Waals surface area contributed by atoms with E-state index in [9.17, 15) is 9.59 Å². The number of piperidine rings is 1. The van der Waals surface area contributed by atoms with Crippen molar-refractivity contribution < 1.29 is 19.1 Å². The molecule has 20 heavy (non-hydrogen) atoms. The van der Waals surface area contributed by atoms with Crippen molar-refractivity contribution in [2.45, 2.75) is 38.6 Å². The Morgan fingerprint density at radius 2 is 2.25 bits per heavy atom. The Balaban J connectivity index is 1.99. The first-order valence-electron chi connectivity index (χ1n) is 6.90. The fraction of sp³-hybridized carbons (Fsp3) is 0.571. The van der Waals surface area contributed by atoms with Gasteiger partial charge in [0, 0.05) is 13.1 Å². The number of nitrogens with one attached hydrogen (secondary N) is 1. The largest absolute Gasteiger partial charge is 0.481 e. The molecule has 2 N–H and O–H groups in total. The van der Waals surface area contributed by atoms with Gasteiger partial charge in [-0.3, -0.25) is 4.79 Å². The van der Waals surface area contributed by atoms with E-state index in [1.807, 2.05) is 19.1 Å². The number of hydrogen-bond donors (Lipinski definition) is 2. The Morgan fingerprint density at radius 1 is 1.45 bits per heavy atom. The summed E-state index contributed by atoms with van der Waals surface area (Å²) in [6.45, 7) is 2.70. The molecule has 1 unspecified atom stereocenters. The molecule has 110 valence electrons. The molecule has 1 saturated heterocycles. The molecule has 1 aromatic rings. The van der Waals surface area contributed by atoms with Crippen LogP contribution in [-0.2, 0) is 4.79 Å². The van der Waals surface area contributed by atoms with Crippen LogP contribution in [0.5, 0.6) is 0 Å². The van der Waals surface area contributed by atoms with Gasteiger partial charge < -0.3 is 19.7 Å². The molecule has 0 aromatic carbocycles. The first-order chi connectivity index (χ1) is 9.58. The molecule has 0 aliphatic carbocycles. The lowest BCUT2D eigenvalue weighted by molar-refractivity contribution is -0.136. The van der Waals surface area contributed by atoms with Crippen LogP contribution < -0.4 is 5.32 Å². The number of carbonyl (C=O) groups excluding carboxylic acids is 1. The molecular weight excluding hydrogens is 260 g/mol. The molecule has 1 fully saturated rings. The number of furan rings is 1.